The molecule has 100 valence electrons. The fourth-order valence-corrected chi connectivity index (χ4v) is 2.54. The van der Waals surface area contributed by atoms with Crippen LogP contribution in [0.5, 0.6) is 0 Å². The van der Waals surface area contributed by atoms with Crippen LogP contribution < -0.4 is 10.6 Å². The maximum atomic E-state index is 12.2. The number of amides is 1. The second-order valence-electron chi connectivity index (χ2n) is 5.01. The van der Waals surface area contributed by atoms with Crippen LogP contribution in [0.3, 0.4) is 0 Å². The maximum absolute atomic E-state index is 12.2. The molecule has 5 heteroatoms. The molecule has 0 aliphatic carbocycles. The van der Waals surface area contributed by atoms with Gasteiger partial charge in [0.1, 0.15) is 0 Å². The predicted octanol–water partition coefficient (Wildman–Crippen LogP) is 1.06. The molecule has 1 amide bonds. The van der Waals surface area contributed by atoms with Crippen LogP contribution in [0.25, 0.3) is 5.52 Å². The highest BCUT2D eigenvalue weighted by molar-refractivity contribution is 6.00. The highest BCUT2D eigenvalue weighted by atomic mass is 16.1. The van der Waals surface area contributed by atoms with Gasteiger partial charge in [0.15, 0.2) is 0 Å². The standard InChI is InChI=1S/C14H18N4O/c19-14(16-9-11-4-3-6-15-8-11)12-10-17-18-7-2-1-5-13(12)18/h1-2,5,7,10-11,15H,3-4,6,8-9H2,(H,16,19). The van der Waals surface area contributed by atoms with E-state index in [-0.39, 0.29) is 5.91 Å². The van der Waals surface area contributed by atoms with Gasteiger partial charge in [0.25, 0.3) is 5.91 Å². The van der Waals surface area contributed by atoms with E-state index in [1.54, 1.807) is 10.7 Å². The molecule has 1 saturated heterocycles. The minimum atomic E-state index is -0.0354. The minimum Gasteiger partial charge on any atom is -0.352 e. The molecule has 1 atom stereocenters. The second kappa shape index (κ2) is 5.40. The van der Waals surface area contributed by atoms with Crippen molar-refractivity contribution in [3.8, 4) is 0 Å². The Kier molecular flexibility index (Phi) is 3.46. The largest absolute Gasteiger partial charge is 0.352 e. The van der Waals surface area contributed by atoms with E-state index in [1.807, 2.05) is 24.4 Å². The van der Waals surface area contributed by atoms with Crippen molar-refractivity contribution in [3.63, 3.8) is 0 Å². The van der Waals surface area contributed by atoms with Gasteiger partial charge >= 0.3 is 0 Å². The highest BCUT2D eigenvalue weighted by Crippen LogP contribution is 2.11. The lowest BCUT2D eigenvalue weighted by Crippen LogP contribution is -2.38. The first-order valence-corrected chi connectivity index (χ1v) is 6.76. The Labute approximate surface area is 112 Å². The Morgan fingerprint density at radius 3 is 3.32 bits per heavy atom. The molecule has 0 saturated carbocycles. The van der Waals surface area contributed by atoms with Gasteiger partial charge < -0.3 is 10.6 Å². The lowest BCUT2D eigenvalue weighted by atomic mass is 10.00. The third-order valence-electron chi connectivity index (χ3n) is 3.62. The normalized spacial score (nSPS) is 19.5. The van der Waals surface area contributed by atoms with Gasteiger partial charge in [-0.2, -0.15) is 5.10 Å². The molecule has 1 aliphatic rings. The minimum absolute atomic E-state index is 0.0354. The van der Waals surface area contributed by atoms with E-state index >= 15 is 0 Å². The second-order valence-corrected chi connectivity index (χ2v) is 5.01. The van der Waals surface area contributed by atoms with E-state index in [1.165, 1.54) is 12.8 Å². The van der Waals surface area contributed by atoms with Crippen molar-refractivity contribution in [2.45, 2.75) is 12.8 Å². The zero-order chi connectivity index (χ0) is 13.1. The summed E-state index contributed by atoms with van der Waals surface area (Å²) in [5.41, 5.74) is 1.49. The summed E-state index contributed by atoms with van der Waals surface area (Å²) >= 11 is 0. The molecule has 2 N–H and O–H groups in total. The summed E-state index contributed by atoms with van der Waals surface area (Å²) in [6.07, 6.45) is 5.85. The summed E-state index contributed by atoms with van der Waals surface area (Å²) in [4.78, 5) is 12.2. The van der Waals surface area contributed by atoms with Gasteiger partial charge in [-0.05, 0) is 44.0 Å². The van der Waals surface area contributed by atoms with Crippen molar-refractivity contribution in [2.75, 3.05) is 19.6 Å². The van der Waals surface area contributed by atoms with E-state index in [4.69, 9.17) is 0 Å². The number of carbonyl (C=O) groups is 1. The Balaban J connectivity index is 1.66. The number of piperidine rings is 1. The average molecular weight is 258 g/mol. The number of aromatic nitrogens is 2. The lowest BCUT2D eigenvalue weighted by molar-refractivity contribution is 0.0946. The Bertz CT molecular complexity index is 572. The van der Waals surface area contributed by atoms with Crippen molar-refractivity contribution in [1.29, 1.82) is 0 Å². The first kappa shape index (κ1) is 12.2. The topological polar surface area (TPSA) is 58.4 Å². The summed E-state index contributed by atoms with van der Waals surface area (Å²) in [5.74, 6) is 0.506. The number of nitrogens with one attached hydrogen (secondary N) is 2. The van der Waals surface area contributed by atoms with Crippen LogP contribution in [-0.2, 0) is 0 Å². The smallest absolute Gasteiger partial charge is 0.255 e. The van der Waals surface area contributed by atoms with Crippen LogP contribution in [0.1, 0.15) is 23.2 Å². The summed E-state index contributed by atoms with van der Waals surface area (Å²) in [5, 5.41) is 10.5. The van der Waals surface area contributed by atoms with E-state index in [0.29, 0.717) is 11.5 Å². The molecule has 3 heterocycles. The summed E-state index contributed by atoms with van der Waals surface area (Å²) in [6, 6.07) is 5.72. The summed E-state index contributed by atoms with van der Waals surface area (Å²) < 4.78 is 1.72. The summed E-state index contributed by atoms with van der Waals surface area (Å²) in [6.45, 7) is 2.82. The number of hydrogen-bond donors (Lipinski definition) is 2. The summed E-state index contributed by atoms with van der Waals surface area (Å²) in [7, 11) is 0. The van der Waals surface area contributed by atoms with Crippen LogP contribution in [0.15, 0.2) is 30.6 Å². The molecule has 2 aromatic rings. The van der Waals surface area contributed by atoms with Crippen LogP contribution >= 0.6 is 0 Å². The third-order valence-corrected chi connectivity index (χ3v) is 3.62. The molecule has 0 radical (unpaired) electrons. The van der Waals surface area contributed by atoms with Crippen molar-refractivity contribution < 1.29 is 4.79 Å². The Morgan fingerprint density at radius 1 is 1.53 bits per heavy atom. The number of fused-ring (bicyclic) bond motifs is 1. The first-order chi connectivity index (χ1) is 9.34. The number of pyridine rings is 1. The Hall–Kier alpha value is -1.88. The van der Waals surface area contributed by atoms with Crippen molar-refractivity contribution >= 4 is 11.4 Å². The van der Waals surface area contributed by atoms with Crippen LogP contribution in [0.4, 0.5) is 0 Å². The number of rotatable bonds is 3. The van der Waals surface area contributed by atoms with Gasteiger partial charge in [-0.1, -0.05) is 6.07 Å². The SMILES string of the molecule is O=C(NCC1CCCNC1)c1cnn2ccccc12. The molecule has 3 rings (SSSR count). The van der Waals surface area contributed by atoms with E-state index in [0.717, 1.165) is 25.2 Å². The first-order valence-electron chi connectivity index (χ1n) is 6.76. The molecule has 5 nitrogen and oxygen atoms in total. The lowest BCUT2D eigenvalue weighted by Gasteiger charge is -2.22. The number of hydrogen-bond acceptors (Lipinski definition) is 3. The molecule has 1 unspecified atom stereocenters. The number of nitrogens with zero attached hydrogens (tertiary/aromatic N) is 2. The molecule has 1 fully saturated rings. The fourth-order valence-electron chi connectivity index (χ4n) is 2.54. The van der Waals surface area contributed by atoms with E-state index in [9.17, 15) is 4.79 Å². The van der Waals surface area contributed by atoms with Gasteiger partial charge in [-0.3, -0.25) is 4.79 Å². The van der Waals surface area contributed by atoms with Crippen molar-refractivity contribution in [3.05, 3.63) is 36.2 Å². The Morgan fingerprint density at radius 2 is 2.47 bits per heavy atom. The molecule has 0 aromatic carbocycles. The number of carbonyl (C=O) groups excluding carboxylic acids is 1. The van der Waals surface area contributed by atoms with Crippen LogP contribution in [0, 0.1) is 5.92 Å². The van der Waals surface area contributed by atoms with Gasteiger partial charge in [0.05, 0.1) is 17.3 Å². The predicted molar refractivity (Wildman–Crippen MR) is 73.1 cm³/mol. The van der Waals surface area contributed by atoms with Crippen molar-refractivity contribution in [2.24, 2.45) is 5.92 Å². The molecular weight excluding hydrogens is 240 g/mol. The third kappa shape index (κ3) is 2.61. The zero-order valence-corrected chi connectivity index (χ0v) is 10.8. The molecule has 0 bridgehead atoms. The van der Waals surface area contributed by atoms with Gasteiger partial charge in [0.2, 0.25) is 0 Å². The van der Waals surface area contributed by atoms with Crippen LogP contribution in [0.2, 0.25) is 0 Å². The zero-order valence-electron chi connectivity index (χ0n) is 10.8. The molecular formula is C14H18N4O. The highest BCUT2D eigenvalue weighted by Gasteiger charge is 2.16. The van der Waals surface area contributed by atoms with Crippen LogP contribution in [-0.4, -0.2) is 35.2 Å². The fraction of sp³-hybridized carbons (Fsp3) is 0.429. The maximum Gasteiger partial charge on any atom is 0.255 e. The molecule has 0 spiro atoms. The van der Waals surface area contributed by atoms with E-state index < -0.39 is 0 Å². The molecule has 19 heavy (non-hydrogen) atoms. The molecule has 1 aliphatic heterocycles. The quantitative estimate of drug-likeness (QED) is 0.865. The van der Waals surface area contributed by atoms with Gasteiger partial charge in [-0.15, -0.1) is 0 Å². The van der Waals surface area contributed by atoms with E-state index in [2.05, 4.69) is 15.7 Å². The van der Waals surface area contributed by atoms with Gasteiger partial charge in [-0.25, -0.2) is 4.52 Å². The van der Waals surface area contributed by atoms with Gasteiger partial charge in [0, 0.05) is 12.7 Å². The molecule has 2 aromatic heterocycles. The average Bonchev–Trinajstić information content (AvgIpc) is 2.90. The monoisotopic (exact) mass is 258 g/mol. The van der Waals surface area contributed by atoms with Crippen molar-refractivity contribution in [1.82, 2.24) is 20.2 Å².